The maximum absolute atomic E-state index is 5.68. The highest BCUT2D eigenvalue weighted by Gasteiger charge is 2.03. The smallest absolute Gasteiger partial charge is 0.162 e. The van der Waals surface area contributed by atoms with Crippen molar-refractivity contribution in [1.82, 2.24) is 0 Å². The van der Waals surface area contributed by atoms with Crippen LogP contribution in [-0.2, 0) is 0 Å². The van der Waals surface area contributed by atoms with Crippen molar-refractivity contribution >= 4 is 5.69 Å². The third-order valence-electron chi connectivity index (χ3n) is 2.69. The van der Waals surface area contributed by atoms with E-state index in [9.17, 15) is 0 Å². The maximum Gasteiger partial charge on any atom is 0.162 e. The fourth-order valence-corrected chi connectivity index (χ4v) is 1.69. The van der Waals surface area contributed by atoms with Gasteiger partial charge in [-0.2, -0.15) is 0 Å². The Morgan fingerprint density at radius 3 is 2.53 bits per heavy atom. The van der Waals surface area contributed by atoms with Crippen molar-refractivity contribution < 1.29 is 9.47 Å². The molecule has 17 heavy (non-hydrogen) atoms. The predicted octanol–water partition coefficient (Wildman–Crippen LogP) is 3.63. The van der Waals surface area contributed by atoms with Crippen LogP contribution in [0.25, 0.3) is 0 Å². The molecule has 1 aromatic rings. The summed E-state index contributed by atoms with van der Waals surface area (Å²) in [5.74, 6) is 1.48. The highest BCUT2D eigenvalue weighted by molar-refractivity contribution is 5.51. The number of ether oxygens (including phenoxy) is 2. The molecular formula is C14H23NO2. The zero-order chi connectivity index (χ0) is 12.5. The number of hydrogen-bond donors (Lipinski definition) is 1. The van der Waals surface area contributed by atoms with Gasteiger partial charge in [-0.15, -0.1) is 0 Å². The van der Waals surface area contributed by atoms with Crippen LogP contribution in [0.1, 0.15) is 39.0 Å². The minimum atomic E-state index is 0.692. The Hall–Kier alpha value is -1.38. The van der Waals surface area contributed by atoms with Crippen molar-refractivity contribution in [3.8, 4) is 11.5 Å². The average Bonchev–Trinajstić information content (AvgIpc) is 2.35. The molecule has 3 nitrogen and oxygen atoms in total. The SMILES string of the molecule is CCCCCCCOc1ccc(N)cc1OC. The van der Waals surface area contributed by atoms with Gasteiger partial charge in [-0.1, -0.05) is 32.6 Å². The van der Waals surface area contributed by atoms with E-state index in [0.29, 0.717) is 11.4 Å². The molecule has 0 spiro atoms. The number of nitrogens with two attached hydrogens (primary N) is 1. The zero-order valence-corrected chi connectivity index (χ0v) is 10.9. The van der Waals surface area contributed by atoms with Gasteiger partial charge in [0.05, 0.1) is 13.7 Å². The second kappa shape index (κ2) is 7.82. The first-order chi connectivity index (χ1) is 8.27. The van der Waals surface area contributed by atoms with Crippen LogP contribution in [-0.4, -0.2) is 13.7 Å². The lowest BCUT2D eigenvalue weighted by atomic mass is 10.2. The molecule has 0 amide bonds. The summed E-state index contributed by atoms with van der Waals surface area (Å²) in [6.07, 6.45) is 6.19. The topological polar surface area (TPSA) is 44.5 Å². The molecule has 0 atom stereocenters. The molecule has 2 N–H and O–H groups in total. The summed E-state index contributed by atoms with van der Waals surface area (Å²) in [5, 5.41) is 0. The summed E-state index contributed by atoms with van der Waals surface area (Å²) < 4.78 is 10.9. The summed E-state index contributed by atoms with van der Waals surface area (Å²) >= 11 is 0. The number of methoxy groups -OCH3 is 1. The zero-order valence-electron chi connectivity index (χ0n) is 10.9. The van der Waals surface area contributed by atoms with E-state index >= 15 is 0 Å². The number of rotatable bonds is 8. The van der Waals surface area contributed by atoms with Crippen molar-refractivity contribution in [1.29, 1.82) is 0 Å². The second-order valence-corrected chi connectivity index (χ2v) is 4.17. The monoisotopic (exact) mass is 237 g/mol. The van der Waals surface area contributed by atoms with Crippen LogP contribution in [0.2, 0.25) is 0 Å². The molecule has 1 aromatic carbocycles. The molecule has 0 aliphatic carbocycles. The first-order valence-electron chi connectivity index (χ1n) is 6.34. The maximum atomic E-state index is 5.68. The average molecular weight is 237 g/mol. The van der Waals surface area contributed by atoms with Gasteiger partial charge in [0.25, 0.3) is 0 Å². The van der Waals surface area contributed by atoms with E-state index in [1.807, 2.05) is 12.1 Å². The van der Waals surface area contributed by atoms with Crippen molar-refractivity contribution in [2.24, 2.45) is 0 Å². The minimum absolute atomic E-state index is 0.692. The summed E-state index contributed by atoms with van der Waals surface area (Å²) in [5.41, 5.74) is 6.37. The summed E-state index contributed by atoms with van der Waals surface area (Å²) in [7, 11) is 1.63. The fraction of sp³-hybridized carbons (Fsp3) is 0.571. The van der Waals surface area contributed by atoms with Crippen molar-refractivity contribution in [3.05, 3.63) is 18.2 Å². The molecule has 0 saturated heterocycles. The molecule has 0 fully saturated rings. The lowest BCUT2D eigenvalue weighted by Gasteiger charge is -2.11. The Kier molecular flexibility index (Phi) is 6.30. The van der Waals surface area contributed by atoms with E-state index in [1.165, 1.54) is 25.7 Å². The third kappa shape index (κ3) is 4.98. The van der Waals surface area contributed by atoms with E-state index in [0.717, 1.165) is 18.8 Å². The van der Waals surface area contributed by atoms with Crippen LogP contribution >= 0.6 is 0 Å². The Morgan fingerprint density at radius 2 is 1.82 bits per heavy atom. The lowest BCUT2D eigenvalue weighted by molar-refractivity contribution is 0.285. The van der Waals surface area contributed by atoms with Crippen LogP contribution in [0.3, 0.4) is 0 Å². The Bertz CT molecular complexity index is 326. The minimum Gasteiger partial charge on any atom is -0.493 e. The standard InChI is InChI=1S/C14H23NO2/c1-3-4-5-6-7-10-17-13-9-8-12(15)11-14(13)16-2/h8-9,11H,3-7,10,15H2,1-2H3. The number of anilines is 1. The first-order valence-corrected chi connectivity index (χ1v) is 6.34. The highest BCUT2D eigenvalue weighted by atomic mass is 16.5. The molecular weight excluding hydrogens is 214 g/mol. The van der Waals surface area contributed by atoms with E-state index in [1.54, 1.807) is 13.2 Å². The second-order valence-electron chi connectivity index (χ2n) is 4.17. The van der Waals surface area contributed by atoms with Gasteiger partial charge >= 0.3 is 0 Å². The van der Waals surface area contributed by atoms with Crippen LogP contribution in [0.4, 0.5) is 5.69 Å². The summed E-state index contributed by atoms with van der Waals surface area (Å²) in [6, 6.07) is 5.47. The molecule has 0 aliphatic heterocycles. The summed E-state index contributed by atoms with van der Waals surface area (Å²) in [6.45, 7) is 2.96. The molecule has 96 valence electrons. The Morgan fingerprint density at radius 1 is 1.06 bits per heavy atom. The van der Waals surface area contributed by atoms with Gasteiger partial charge in [0.15, 0.2) is 11.5 Å². The van der Waals surface area contributed by atoms with Crippen LogP contribution in [0.15, 0.2) is 18.2 Å². The fourth-order valence-electron chi connectivity index (χ4n) is 1.69. The summed E-state index contributed by atoms with van der Waals surface area (Å²) in [4.78, 5) is 0. The Balaban J connectivity index is 2.31. The van der Waals surface area contributed by atoms with Crippen LogP contribution in [0.5, 0.6) is 11.5 Å². The van der Waals surface area contributed by atoms with E-state index in [4.69, 9.17) is 15.2 Å². The molecule has 0 saturated carbocycles. The molecule has 3 heteroatoms. The van der Waals surface area contributed by atoms with Gasteiger partial charge in [0.2, 0.25) is 0 Å². The van der Waals surface area contributed by atoms with E-state index in [-0.39, 0.29) is 0 Å². The van der Waals surface area contributed by atoms with Gasteiger partial charge in [-0.25, -0.2) is 0 Å². The van der Waals surface area contributed by atoms with Crippen molar-refractivity contribution in [2.45, 2.75) is 39.0 Å². The van der Waals surface area contributed by atoms with Gasteiger partial charge in [-0.05, 0) is 18.6 Å². The van der Waals surface area contributed by atoms with Gasteiger partial charge < -0.3 is 15.2 Å². The third-order valence-corrected chi connectivity index (χ3v) is 2.69. The molecule has 1 rings (SSSR count). The van der Waals surface area contributed by atoms with Gasteiger partial charge in [0, 0.05) is 11.8 Å². The first kappa shape index (κ1) is 13.7. The van der Waals surface area contributed by atoms with Gasteiger partial charge in [-0.3, -0.25) is 0 Å². The molecule has 0 unspecified atom stereocenters. The van der Waals surface area contributed by atoms with E-state index < -0.39 is 0 Å². The molecule has 0 bridgehead atoms. The lowest BCUT2D eigenvalue weighted by Crippen LogP contribution is -2.00. The number of hydrogen-bond acceptors (Lipinski definition) is 3. The predicted molar refractivity (Wildman–Crippen MR) is 71.7 cm³/mol. The number of benzene rings is 1. The Labute approximate surface area is 104 Å². The number of nitrogen functional groups attached to an aromatic ring is 1. The molecule has 0 aromatic heterocycles. The van der Waals surface area contributed by atoms with Crippen molar-refractivity contribution in [3.63, 3.8) is 0 Å². The molecule has 0 radical (unpaired) electrons. The number of unbranched alkanes of at least 4 members (excludes halogenated alkanes) is 4. The van der Waals surface area contributed by atoms with Gasteiger partial charge in [0.1, 0.15) is 0 Å². The van der Waals surface area contributed by atoms with Crippen molar-refractivity contribution in [2.75, 3.05) is 19.5 Å². The van der Waals surface area contributed by atoms with Crippen LogP contribution in [0, 0.1) is 0 Å². The van der Waals surface area contributed by atoms with Crippen LogP contribution < -0.4 is 15.2 Å². The largest absolute Gasteiger partial charge is 0.493 e. The molecule has 0 heterocycles. The highest BCUT2D eigenvalue weighted by Crippen LogP contribution is 2.29. The normalized spacial score (nSPS) is 10.2. The van der Waals surface area contributed by atoms with E-state index in [2.05, 4.69) is 6.92 Å². The molecule has 0 aliphatic rings. The quantitative estimate of drug-likeness (QED) is 0.554.